The molecule has 0 aliphatic carbocycles. The average Bonchev–Trinajstić information content (AvgIpc) is 2.53. The number of nitrogens with one attached hydrogen (secondary N) is 1. The van der Waals surface area contributed by atoms with Crippen molar-refractivity contribution in [3.8, 4) is 11.5 Å². The molecule has 24 heavy (non-hydrogen) atoms. The highest BCUT2D eigenvalue weighted by atomic mass is 16.5. The van der Waals surface area contributed by atoms with Crippen LogP contribution in [0.25, 0.3) is 0 Å². The van der Waals surface area contributed by atoms with Crippen molar-refractivity contribution in [2.75, 3.05) is 13.7 Å². The van der Waals surface area contributed by atoms with Crippen molar-refractivity contribution < 1.29 is 14.3 Å². The Kier molecular flexibility index (Phi) is 7.55. The number of benzene rings is 1. The molecule has 0 heterocycles. The Labute approximate surface area is 145 Å². The van der Waals surface area contributed by atoms with E-state index in [1.54, 1.807) is 7.11 Å². The van der Waals surface area contributed by atoms with Gasteiger partial charge >= 0.3 is 0 Å². The maximum atomic E-state index is 12.3. The number of nitrogens with two attached hydrogens (primary N) is 1. The monoisotopic (exact) mass is 336 g/mol. The predicted molar refractivity (Wildman–Crippen MR) is 97.4 cm³/mol. The molecule has 0 fully saturated rings. The van der Waals surface area contributed by atoms with E-state index in [-0.39, 0.29) is 17.4 Å². The van der Waals surface area contributed by atoms with Crippen molar-refractivity contribution in [3.05, 3.63) is 23.8 Å². The first kappa shape index (κ1) is 20.3. The molecule has 0 bridgehead atoms. The minimum absolute atomic E-state index is 0.155. The maximum Gasteiger partial charge on any atom is 0.237 e. The zero-order valence-corrected chi connectivity index (χ0v) is 15.8. The molecule has 3 N–H and O–H groups in total. The largest absolute Gasteiger partial charge is 0.493 e. The van der Waals surface area contributed by atoms with E-state index < -0.39 is 6.04 Å². The lowest BCUT2D eigenvalue weighted by molar-refractivity contribution is -0.125. The Hall–Kier alpha value is -1.75. The third-order valence-electron chi connectivity index (χ3n) is 4.02. The van der Waals surface area contributed by atoms with E-state index in [0.717, 1.165) is 24.2 Å². The summed E-state index contributed by atoms with van der Waals surface area (Å²) in [6.07, 6.45) is 2.08. The minimum Gasteiger partial charge on any atom is -0.493 e. The molecule has 0 saturated heterocycles. The van der Waals surface area contributed by atoms with Gasteiger partial charge in [-0.1, -0.05) is 40.2 Å². The molecule has 0 aliphatic heterocycles. The Morgan fingerprint density at radius 2 is 1.96 bits per heavy atom. The van der Waals surface area contributed by atoms with Crippen molar-refractivity contribution in [1.82, 2.24) is 5.32 Å². The van der Waals surface area contributed by atoms with Crippen LogP contribution in [-0.2, 0) is 4.79 Å². The molecular weight excluding hydrogens is 304 g/mol. The third kappa shape index (κ3) is 5.71. The normalized spacial score (nSPS) is 14.0. The molecule has 0 spiro atoms. The van der Waals surface area contributed by atoms with Crippen LogP contribution in [0.3, 0.4) is 0 Å². The van der Waals surface area contributed by atoms with Crippen molar-refractivity contribution in [1.29, 1.82) is 0 Å². The van der Waals surface area contributed by atoms with Gasteiger partial charge in [0.25, 0.3) is 0 Å². The fourth-order valence-electron chi connectivity index (χ4n) is 2.18. The highest BCUT2D eigenvalue weighted by molar-refractivity contribution is 5.82. The van der Waals surface area contributed by atoms with Crippen molar-refractivity contribution in [2.45, 2.75) is 59.5 Å². The second-order valence-electron chi connectivity index (χ2n) is 7.19. The second-order valence-corrected chi connectivity index (χ2v) is 7.19. The molecule has 1 aromatic rings. The first-order valence-corrected chi connectivity index (χ1v) is 8.57. The quantitative estimate of drug-likeness (QED) is 0.713. The van der Waals surface area contributed by atoms with Crippen LogP contribution in [0.15, 0.2) is 18.2 Å². The van der Waals surface area contributed by atoms with Gasteiger partial charge in [0.2, 0.25) is 5.91 Å². The van der Waals surface area contributed by atoms with Crippen LogP contribution in [0.4, 0.5) is 0 Å². The molecule has 2 atom stereocenters. The van der Waals surface area contributed by atoms with Gasteiger partial charge in [-0.3, -0.25) is 4.79 Å². The van der Waals surface area contributed by atoms with E-state index in [4.69, 9.17) is 15.2 Å². The van der Waals surface area contributed by atoms with E-state index in [9.17, 15) is 4.79 Å². The van der Waals surface area contributed by atoms with Gasteiger partial charge in [-0.2, -0.15) is 0 Å². The number of methoxy groups -OCH3 is 1. The summed E-state index contributed by atoms with van der Waals surface area (Å²) in [6, 6.07) is 5.01. The second kappa shape index (κ2) is 8.92. The lowest BCUT2D eigenvalue weighted by atomic mass is 9.86. The minimum atomic E-state index is -0.557. The molecule has 0 saturated carbocycles. The number of hydrogen-bond donors (Lipinski definition) is 2. The van der Waals surface area contributed by atoms with E-state index in [1.165, 1.54) is 0 Å². The number of rotatable bonds is 8. The van der Waals surface area contributed by atoms with Crippen LogP contribution in [0.2, 0.25) is 0 Å². The van der Waals surface area contributed by atoms with E-state index >= 15 is 0 Å². The Balaban J connectivity index is 2.80. The zero-order valence-electron chi connectivity index (χ0n) is 15.8. The van der Waals surface area contributed by atoms with Gasteiger partial charge in [-0.05, 0) is 36.5 Å². The number of hydrogen-bond acceptors (Lipinski definition) is 4. The van der Waals surface area contributed by atoms with Crippen LogP contribution in [0, 0.1) is 5.41 Å². The molecule has 0 aliphatic rings. The Bertz CT molecular complexity index is 538. The summed E-state index contributed by atoms with van der Waals surface area (Å²) in [5.74, 6) is 1.24. The Morgan fingerprint density at radius 3 is 2.50 bits per heavy atom. The molecule has 5 nitrogen and oxygen atoms in total. The zero-order chi connectivity index (χ0) is 18.3. The molecule has 1 amide bonds. The summed E-state index contributed by atoms with van der Waals surface area (Å²) in [5.41, 5.74) is 6.68. The lowest BCUT2D eigenvalue weighted by Crippen LogP contribution is -2.49. The number of carbonyl (C=O) groups is 1. The van der Waals surface area contributed by atoms with Crippen molar-refractivity contribution in [2.24, 2.45) is 11.1 Å². The summed E-state index contributed by atoms with van der Waals surface area (Å²) in [7, 11) is 1.62. The highest BCUT2D eigenvalue weighted by Gasteiger charge is 2.28. The van der Waals surface area contributed by atoms with Crippen molar-refractivity contribution in [3.63, 3.8) is 0 Å². The molecule has 1 rings (SSSR count). The van der Waals surface area contributed by atoms with Gasteiger partial charge in [-0.15, -0.1) is 0 Å². The molecule has 5 heteroatoms. The highest BCUT2D eigenvalue weighted by Crippen LogP contribution is 2.30. The third-order valence-corrected chi connectivity index (χ3v) is 4.02. The van der Waals surface area contributed by atoms with Gasteiger partial charge in [0.05, 0.1) is 25.8 Å². The Morgan fingerprint density at radius 1 is 1.29 bits per heavy atom. The van der Waals surface area contributed by atoms with Gasteiger partial charge in [-0.25, -0.2) is 0 Å². The number of amides is 1. The van der Waals surface area contributed by atoms with E-state index in [0.29, 0.717) is 12.4 Å². The standard InChI is InChI=1S/C19H32N2O3/c1-7-8-11-24-15-10-9-14(12-16(15)23-6)13(2)21-18(22)17(20)19(3,4)5/h9-10,12-13,17H,7-8,11,20H2,1-6H3,(H,21,22)/t13?,17-/m1/s1. The smallest absolute Gasteiger partial charge is 0.237 e. The van der Waals surface area contributed by atoms with Crippen LogP contribution in [0.5, 0.6) is 11.5 Å². The van der Waals surface area contributed by atoms with Gasteiger partial charge < -0.3 is 20.5 Å². The first-order valence-electron chi connectivity index (χ1n) is 8.57. The molecule has 0 radical (unpaired) electrons. The molecule has 1 unspecified atom stereocenters. The van der Waals surface area contributed by atoms with Crippen LogP contribution < -0.4 is 20.5 Å². The fourth-order valence-corrected chi connectivity index (χ4v) is 2.18. The molecule has 136 valence electrons. The maximum absolute atomic E-state index is 12.3. The van der Waals surface area contributed by atoms with Gasteiger partial charge in [0.1, 0.15) is 0 Å². The summed E-state index contributed by atoms with van der Waals surface area (Å²) >= 11 is 0. The molecular formula is C19H32N2O3. The average molecular weight is 336 g/mol. The van der Waals surface area contributed by atoms with Gasteiger partial charge in [0.15, 0.2) is 11.5 Å². The van der Waals surface area contributed by atoms with E-state index in [2.05, 4.69) is 12.2 Å². The predicted octanol–water partition coefficient (Wildman–Crippen LogP) is 3.42. The SMILES string of the molecule is CCCCOc1ccc(C(C)NC(=O)[C@@H](N)C(C)(C)C)cc1OC. The summed E-state index contributed by atoms with van der Waals surface area (Å²) in [6.45, 7) is 10.6. The van der Waals surface area contributed by atoms with Crippen LogP contribution in [0.1, 0.15) is 59.1 Å². The van der Waals surface area contributed by atoms with Gasteiger partial charge in [0, 0.05) is 0 Å². The number of carbonyl (C=O) groups excluding carboxylic acids is 1. The topological polar surface area (TPSA) is 73.6 Å². The van der Waals surface area contributed by atoms with Crippen LogP contribution in [-0.4, -0.2) is 25.7 Å². The fraction of sp³-hybridized carbons (Fsp3) is 0.632. The molecule has 1 aromatic carbocycles. The summed E-state index contributed by atoms with van der Waals surface area (Å²) in [4.78, 5) is 12.3. The molecule has 0 aromatic heterocycles. The summed E-state index contributed by atoms with van der Waals surface area (Å²) < 4.78 is 11.1. The lowest BCUT2D eigenvalue weighted by Gasteiger charge is -2.27. The number of ether oxygens (including phenoxy) is 2. The number of unbranched alkanes of at least 4 members (excludes halogenated alkanes) is 1. The first-order chi connectivity index (χ1) is 11.2. The summed E-state index contributed by atoms with van der Waals surface area (Å²) in [5, 5.41) is 2.97. The van der Waals surface area contributed by atoms with Crippen molar-refractivity contribution >= 4 is 5.91 Å². The van der Waals surface area contributed by atoms with E-state index in [1.807, 2.05) is 45.9 Å². The van der Waals surface area contributed by atoms with Crippen LogP contribution >= 0.6 is 0 Å².